The fraction of sp³-hybridized carbons (Fsp3) is 0.182. The Kier molecular flexibility index (Phi) is 3.54. The average molecular weight is 287 g/mol. The topological polar surface area (TPSA) is 72.3 Å². The second-order valence-electron chi connectivity index (χ2n) is 3.37. The van der Waals surface area contributed by atoms with Gasteiger partial charge in [0.2, 0.25) is 11.6 Å². The number of hydrogen-bond acceptors (Lipinski definition) is 5. The van der Waals surface area contributed by atoms with E-state index in [0.29, 0.717) is 21.1 Å². The van der Waals surface area contributed by atoms with Gasteiger partial charge in [-0.3, -0.25) is 0 Å². The average Bonchev–Trinajstić information content (AvgIpc) is 2.31. The molecule has 0 saturated heterocycles. The maximum Gasteiger partial charge on any atom is 0.362 e. The van der Waals surface area contributed by atoms with Crippen molar-refractivity contribution in [2.75, 3.05) is 6.61 Å². The molecular formula is C11H8Cl2N2O3. The molecule has 0 atom stereocenters. The van der Waals surface area contributed by atoms with Crippen molar-refractivity contribution >= 4 is 40.2 Å². The van der Waals surface area contributed by atoms with E-state index in [0.717, 1.165) is 0 Å². The second-order valence-corrected chi connectivity index (χ2v) is 4.19. The lowest BCUT2D eigenvalue weighted by molar-refractivity contribution is 0.0515. The van der Waals surface area contributed by atoms with Crippen molar-refractivity contribution in [2.24, 2.45) is 0 Å². The summed E-state index contributed by atoms with van der Waals surface area (Å²) in [5.74, 6) is -1.24. The van der Waals surface area contributed by atoms with E-state index in [1.54, 1.807) is 6.92 Å². The molecule has 0 aliphatic carbocycles. The highest BCUT2D eigenvalue weighted by atomic mass is 35.5. The molecule has 0 spiro atoms. The predicted octanol–water partition coefficient (Wildman–Crippen LogP) is 2.82. The zero-order valence-electron chi connectivity index (χ0n) is 9.28. The van der Waals surface area contributed by atoms with Crippen LogP contribution in [0.25, 0.3) is 11.0 Å². The third kappa shape index (κ3) is 2.32. The van der Waals surface area contributed by atoms with E-state index >= 15 is 0 Å². The van der Waals surface area contributed by atoms with Gasteiger partial charge in [-0.05, 0) is 19.1 Å². The van der Waals surface area contributed by atoms with Crippen molar-refractivity contribution in [3.8, 4) is 5.88 Å². The second kappa shape index (κ2) is 4.96. The van der Waals surface area contributed by atoms with Gasteiger partial charge in [0.05, 0.1) is 27.7 Å². The summed E-state index contributed by atoms with van der Waals surface area (Å²) in [6, 6.07) is 2.93. The first-order valence-electron chi connectivity index (χ1n) is 5.05. The van der Waals surface area contributed by atoms with Gasteiger partial charge in [0, 0.05) is 0 Å². The molecule has 2 aromatic rings. The number of hydrogen-bond donors (Lipinski definition) is 1. The van der Waals surface area contributed by atoms with E-state index in [4.69, 9.17) is 27.9 Å². The van der Waals surface area contributed by atoms with Gasteiger partial charge in [-0.15, -0.1) is 0 Å². The highest BCUT2D eigenvalue weighted by Gasteiger charge is 2.17. The zero-order chi connectivity index (χ0) is 13.3. The number of aromatic nitrogens is 2. The van der Waals surface area contributed by atoms with E-state index in [1.165, 1.54) is 12.1 Å². The van der Waals surface area contributed by atoms with Crippen LogP contribution in [0.4, 0.5) is 0 Å². The molecule has 1 aromatic carbocycles. The van der Waals surface area contributed by atoms with Crippen molar-refractivity contribution in [3.05, 3.63) is 27.9 Å². The summed E-state index contributed by atoms with van der Waals surface area (Å²) < 4.78 is 4.75. The Morgan fingerprint density at radius 1 is 1.28 bits per heavy atom. The first-order valence-corrected chi connectivity index (χ1v) is 5.81. The Morgan fingerprint density at radius 3 is 2.39 bits per heavy atom. The van der Waals surface area contributed by atoms with Crippen molar-refractivity contribution in [2.45, 2.75) is 6.92 Å². The van der Waals surface area contributed by atoms with Crippen LogP contribution in [0.15, 0.2) is 12.1 Å². The van der Waals surface area contributed by atoms with Gasteiger partial charge in [-0.2, -0.15) is 0 Å². The highest BCUT2D eigenvalue weighted by molar-refractivity contribution is 6.42. The zero-order valence-corrected chi connectivity index (χ0v) is 10.8. The maximum atomic E-state index is 11.5. The number of ether oxygens (including phenoxy) is 1. The smallest absolute Gasteiger partial charge is 0.362 e. The van der Waals surface area contributed by atoms with Gasteiger partial charge < -0.3 is 9.84 Å². The van der Waals surface area contributed by atoms with Gasteiger partial charge >= 0.3 is 5.97 Å². The molecule has 0 fully saturated rings. The molecule has 0 amide bonds. The molecule has 2 rings (SSSR count). The number of rotatable bonds is 2. The molecule has 0 aliphatic rings. The number of carbonyl (C=O) groups excluding carboxylic acids is 1. The summed E-state index contributed by atoms with van der Waals surface area (Å²) in [7, 11) is 0. The van der Waals surface area contributed by atoms with Gasteiger partial charge in [-0.25, -0.2) is 14.8 Å². The Bertz CT molecular complexity index is 631. The van der Waals surface area contributed by atoms with Crippen LogP contribution >= 0.6 is 23.2 Å². The number of aromatic hydroxyl groups is 1. The number of benzene rings is 1. The van der Waals surface area contributed by atoms with Crippen LogP contribution in [0.2, 0.25) is 10.0 Å². The summed E-state index contributed by atoms with van der Waals surface area (Å²) in [6.45, 7) is 1.83. The molecule has 7 heteroatoms. The fourth-order valence-corrected chi connectivity index (χ4v) is 1.69. The third-order valence-corrected chi connectivity index (χ3v) is 2.88. The van der Waals surface area contributed by atoms with Crippen LogP contribution in [0, 0.1) is 0 Å². The Labute approximate surface area is 112 Å². The predicted molar refractivity (Wildman–Crippen MR) is 67.2 cm³/mol. The van der Waals surface area contributed by atoms with Gasteiger partial charge in [0.1, 0.15) is 0 Å². The number of carbonyl (C=O) groups is 1. The number of halogens is 2. The normalized spacial score (nSPS) is 10.6. The number of nitrogens with zero attached hydrogens (tertiary/aromatic N) is 2. The maximum absolute atomic E-state index is 11.5. The standard InChI is InChI=1S/C11H8Cl2N2O3/c1-2-18-11(17)9-10(16)15-8-4-6(13)5(12)3-7(8)14-9/h3-4H,2H2,1H3,(H,15,16). The number of esters is 1. The Hall–Kier alpha value is -1.59. The van der Waals surface area contributed by atoms with Crippen LogP contribution in [0.5, 0.6) is 5.88 Å². The molecule has 18 heavy (non-hydrogen) atoms. The molecule has 1 heterocycles. The first kappa shape index (κ1) is 12.9. The Balaban J connectivity index is 2.61. The Morgan fingerprint density at radius 2 is 1.83 bits per heavy atom. The van der Waals surface area contributed by atoms with Crippen molar-refractivity contribution < 1.29 is 14.6 Å². The lowest BCUT2D eigenvalue weighted by atomic mass is 10.3. The number of fused-ring (bicyclic) bond motifs is 1. The van der Waals surface area contributed by atoms with Crippen LogP contribution in [-0.2, 0) is 4.74 Å². The van der Waals surface area contributed by atoms with Crippen molar-refractivity contribution in [3.63, 3.8) is 0 Å². The van der Waals surface area contributed by atoms with Crippen LogP contribution in [0.1, 0.15) is 17.4 Å². The van der Waals surface area contributed by atoms with Gasteiger partial charge in [0.25, 0.3) is 0 Å². The molecule has 5 nitrogen and oxygen atoms in total. The van der Waals surface area contributed by atoms with E-state index in [1.807, 2.05) is 0 Å². The van der Waals surface area contributed by atoms with Gasteiger partial charge in [-0.1, -0.05) is 23.2 Å². The summed E-state index contributed by atoms with van der Waals surface area (Å²) in [5.41, 5.74) is 0.447. The van der Waals surface area contributed by atoms with Gasteiger partial charge in [0.15, 0.2) is 0 Å². The minimum atomic E-state index is -0.740. The van der Waals surface area contributed by atoms with E-state index < -0.39 is 11.8 Å². The lowest BCUT2D eigenvalue weighted by Crippen LogP contribution is -2.08. The monoisotopic (exact) mass is 286 g/mol. The summed E-state index contributed by atoms with van der Waals surface area (Å²) >= 11 is 11.7. The van der Waals surface area contributed by atoms with Crippen molar-refractivity contribution in [1.29, 1.82) is 0 Å². The molecule has 1 aromatic heterocycles. The first-order chi connectivity index (χ1) is 8.52. The minimum absolute atomic E-state index is 0.180. The fourth-order valence-electron chi connectivity index (χ4n) is 1.38. The SMILES string of the molecule is CCOC(=O)c1nc2cc(Cl)c(Cl)cc2nc1O. The highest BCUT2D eigenvalue weighted by Crippen LogP contribution is 2.28. The minimum Gasteiger partial charge on any atom is -0.492 e. The van der Waals surface area contributed by atoms with Crippen molar-refractivity contribution in [1.82, 2.24) is 9.97 Å². The largest absolute Gasteiger partial charge is 0.492 e. The van der Waals surface area contributed by atoms with E-state index in [-0.39, 0.29) is 12.3 Å². The van der Waals surface area contributed by atoms with Crippen LogP contribution < -0.4 is 0 Å². The molecule has 94 valence electrons. The molecular weight excluding hydrogens is 279 g/mol. The molecule has 0 saturated carbocycles. The lowest BCUT2D eigenvalue weighted by Gasteiger charge is -2.05. The van der Waals surface area contributed by atoms with Crippen LogP contribution in [-0.4, -0.2) is 27.7 Å². The molecule has 0 bridgehead atoms. The molecule has 0 unspecified atom stereocenters. The molecule has 0 aliphatic heterocycles. The summed E-state index contributed by atoms with van der Waals surface area (Å²) in [6.07, 6.45) is 0. The van der Waals surface area contributed by atoms with E-state index in [9.17, 15) is 9.90 Å². The molecule has 1 N–H and O–H groups in total. The van der Waals surface area contributed by atoms with E-state index in [2.05, 4.69) is 9.97 Å². The summed E-state index contributed by atoms with van der Waals surface area (Å²) in [5, 5.41) is 10.2. The summed E-state index contributed by atoms with van der Waals surface area (Å²) in [4.78, 5) is 19.3. The van der Waals surface area contributed by atoms with Crippen LogP contribution in [0.3, 0.4) is 0 Å². The quantitative estimate of drug-likeness (QED) is 0.860. The molecule has 0 radical (unpaired) electrons. The third-order valence-electron chi connectivity index (χ3n) is 2.16.